The van der Waals surface area contributed by atoms with Crippen LogP contribution in [-0.2, 0) is 4.79 Å². The summed E-state index contributed by atoms with van der Waals surface area (Å²) in [7, 11) is 0. The Hall–Kier alpha value is -2.26. The largest absolute Gasteiger partial charge is 0.411 e. The molecule has 0 bridgehead atoms. The molecular formula is C14H13N3O2S. The fraction of sp³-hybridized carbons (Fsp3) is 0.214. The van der Waals surface area contributed by atoms with Gasteiger partial charge in [0, 0.05) is 5.56 Å². The van der Waals surface area contributed by atoms with Crippen molar-refractivity contribution in [1.29, 1.82) is 0 Å². The molecule has 0 spiro atoms. The number of benzene rings is 1. The number of nitrogens with zero attached hydrogens (tertiary/aromatic N) is 2. The van der Waals surface area contributed by atoms with Crippen LogP contribution in [0.2, 0.25) is 0 Å². The number of nitrogens with one attached hydrogen (secondary N) is 1. The molecule has 0 atom stereocenters. The maximum Gasteiger partial charge on any atom is 0.277 e. The van der Waals surface area contributed by atoms with E-state index < -0.39 is 0 Å². The van der Waals surface area contributed by atoms with E-state index in [1.807, 2.05) is 31.2 Å². The Morgan fingerprint density at radius 1 is 1.45 bits per heavy atom. The number of amides is 1. The average molecular weight is 287 g/mol. The molecule has 2 aromatic rings. The van der Waals surface area contributed by atoms with Gasteiger partial charge in [0.15, 0.2) is 0 Å². The van der Waals surface area contributed by atoms with Gasteiger partial charge in [0.2, 0.25) is 11.8 Å². The first kappa shape index (κ1) is 14.2. The lowest BCUT2D eigenvalue weighted by molar-refractivity contribution is -0.118. The number of terminal acetylenes is 1. The van der Waals surface area contributed by atoms with Crippen molar-refractivity contribution in [2.45, 2.75) is 12.1 Å². The maximum atomic E-state index is 11.4. The molecule has 0 saturated heterocycles. The number of carbonyl (C=O) groups is 1. The molecule has 6 heteroatoms. The van der Waals surface area contributed by atoms with Crippen LogP contribution in [0.5, 0.6) is 0 Å². The van der Waals surface area contributed by atoms with Crippen LogP contribution < -0.4 is 5.32 Å². The minimum Gasteiger partial charge on any atom is -0.411 e. The second kappa shape index (κ2) is 6.78. The first-order valence-corrected chi connectivity index (χ1v) is 6.91. The van der Waals surface area contributed by atoms with Gasteiger partial charge in [0.05, 0.1) is 12.3 Å². The van der Waals surface area contributed by atoms with Gasteiger partial charge in [-0.1, -0.05) is 35.9 Å². The van der Waals surface area contributed by atoms with Crippen LogP contribution in [0.1, 0.15) is 5.56 Å². The summed E-state index contributed by atoms with van der Waals surface area (Å²) in [6, 6.07) is 7.74. The summed E-state index contributed by atoms with van der Waals surface area (Å²) in [4.78, 5) is 11.4. The van der Waals surface area contributed by atoms with Crippen molar-refractivity contribution >= 4 is 17.7 Å². The Balaban J connectivity index is 1.98. The van der Waals surface area contributed by atoms with Crippen molar-refractivity contribution in [1.82, 2.24) is 15.5 Å². The Labute approximate surface area is 121 Å². The molecule has 2 rings (SSSR count). The first-order chi connectivity index (χ1) is 9.70. The van der Waals surface area contributed by atoms with E-state index in [9.17, 15) is 4.79 Å². The van der Waals surface area contributed by atoms with Crippen LogP contribution in [0.3, 0.4) is 0 Å². The summed E-state index contributed by atoms with van der Waals surface area (Å²) in [5.41, 5.74) is 1.95. The van der Waals surface area contributed by atoms with Gasteiger partial charge in [0.25, 0.3) is 5.22 Å². The molecular weight excluding hydrogens is 274 g/mol. The number of hydrogen-bond acceptors (Lipinski definition) is 5. The van der Waals surface area contributed by atoms with Crippen molar-refractivity contribution in [2.24, 2.45) is 0 Å². The smallest absolute Gasteiger partial charge is 0.277 e. The maximum absolute atomic E-state index is 11.4. The molecule has 0 aliphatic heterocycles. The number of thioether (sulfide) groups is 1. The van der Waals surface area contributed by atoms with E-state index >= 15 is 0 Å². The quantitative estimate of drug-likeness (QED) is 0.672. The zero-order valence-electron chi connectivity index (χ0n) is 10.9. The predicted octanol–water partition coefficient (Wildman–Crippen LogP) is 1.89. The molecule has 1 heterocycles. The van der Waals surface area contributed by atoms with E-state index in [0.29, 0.717) is 11.1 Å². The highest BCUT2D eigenvalue weighted by Crippen LogP contribution is 2.25. The van der Waals surface area contributed by atoms with Crippen LogP contribution in [-0.4, -0.2) is 28.4 Å². The summed E-state index contributed by atoms with van der Waals surface area (Å²) in [5.74, 6) is 2.82. The summed E-state index contributed by atoms with van der Waals surface area (Å²) in [5, 5.41) is 10.8. The van der Waals surface area contributed by atoms with Crippen molar-refractivity contribution in [3.05, 3.63) is 29.8 Å². The van der Waals surface area contributed by atoms with Crippen LogP contribution in [0, 0.1) is 19.3 Å². The molecule has 0 unspecified atom stereocenters. The first-order valence-electron chi connectivity index (χ1n) is 5.93. The van der Waals surface area contributed by atoms with Crippen molar-refractivity contribution < 1.29 is 9.21 Å². The molecule has 1 amide bonds. The van der Waals surface area contributed by atoms with E-state index in [0.717, 1.165) is 11.1 Å². The number of aryl methyl sites for hydroxylation is 1. The SMILES string of the molecule is C#CCNC(=O)CSc1nnc(-c2ccccc2C)o1. The summed E-state index contributed by atoms with van der Waals surface area (Å²) in [6.45, 7) is 2.19. The fourth-order valence-corrected chi connectivity index (χ4v) is 2.11. The van der Waals surface area contributed by atoms with Gasteiger partial charge < -0.3 is 9.73 Å². The number of carbonyl (C=O) groups excluding carboxylic acids is 1. The Morgan fingerprint density at radius 2 is 2.25 bits per heavy atom. The molecule has 102 valence electrons. The zero-order chi connectivity index (χ0) is 14.4. The number of hydrogen-bond donors (Lipinski definition) is 1. The zero-order valence-corrected chi connectivity index (χ0v) is 11.7. The normalized spacial score (nSPS) is 10.0. The summed E-state index contributed by atoms with van der Waals surface area (Å²) >= 11 is 1.18. The molecule has 1 N–H and O–H groups in total. The highest BCUT2D eigenvalue weighted by atomic mass is 32.2. The fourth-order valence-electron chi connectivity index (χ4n) is 1.52. The van der Waals surface area contributed by atoms with Gasteiger partial charge in [-0.3, -0.25) is 4.79 Å². The second-order valence-corrected chi connectivity index (χ2v) is 4.88. The van der Waals surface area contributed by atoms with Gasteiger partial charge in [-0.25, -0.2) is 0 Å². The standard InChI is InChI=1S/C14H13N3O2S/c1-3-8-15-12(18)9-20-14-17-16-13(19-14)11-7-5-4-6-10(11)2/h1,4-7H,8-9H2,2H3,(H,15,18). The third-order valence-corrected chi connectivity index (χ3v) is 3.31. The minimum absolute atomic E-state index is 0.163. The van der Waals surface area contributed by atoms with E-state index in [2.05, 4.69) is 21.4 Å². The minimum atomic E-state index is -0.163. The van der Waals surface area contributed by atoms with Crippen LogP contribution in [0.25, 0.3) is 11.5 Å². The lowest BCUT2D eigenvalue weighted by Gasteiger charge is -1.99. The third-order valence-electron chi connectivity index (χ3n) is 2.50. The van der Waals surface area contributed by atoms with Gasteiger partial charge in [-0.15, -0.1) is 16.6 Å². The van der Waals surface area contributed by atoms with Gasteiger partial charge in [-0.2, -0.15) is 0 Å². The van der Waals surface area contributed by atoms with Gasteiger partial charge in [0.1, 0.15) is 0 Å². The Kier molecular flexibility index (Phi) is 4.80. The van der Waals surface area contributed by atoms with E-state index in [1.54, 1.807) is 0 Å². The van der Waals surface area contributed by atoms with Crippen LogP contribution in [0.4, 0.5) is 0 Å². The monoisotopic (exact) mass is 287 g/mol. The van der Waals surface area contributed by atoms with Crippen molar-refractivity contribution in [3.63, 3.8) is 0 Å². The highest BCUT2D eigenvalue weighted by Gasteiger charge is 2.12. The van der Waals surface area contributed by atoms with Crippen LogP contribution >= 0.6 is 11.8 Å². The lowest BCUT2D eigenvalue weighted by Crippen LogP contribution is -2.25. The van der Waals surface area contributed by atoms with E-state index in [4.69, 9.17) is 10.8 Å². The molecule has 0 fully saturated rings. The van der Waals surface area contributed by atoms with E-state index in [-0.39, 0.29) is 18.2 Å². The van der Waals surface area contributed by atoms with E-state index in [1.165, 1.54) is 11.8 Å². The number of aromatic nitrogens is 2. The molecule has 0 saturated carbocycles. The van der Waals surface area contributed by atoms with Gasteiger partial charge in [-0.05, 0) is 18.6 Å². The molecule has 1 aromatic carbocycles. The molecule has 0 radical (unpaired) electrons. The topological polar surface area (TPSA) is 68.0 Å². The number of rotatable bonds is 5. The lowest BCUT2D eigenvalue weighted by atomic mass is 10.1. The summed E-state index contributed by atoms with van der Waals surface area (Å²) in [6.07, 6.45) is 5.05. The predicted molar refractivity (Wildman–Crippen MR) is 77.0 cm³/mol. The van der Waals surface area contributed by atoms with Gasteiger partial charge >= 0.3 is 0 Å². The molecule has 20 heavy (non-hydrogen) atoms. The Morgan fingerprint density at radius 3 is 3.00 bits per heavy atom. The second-order valence-electron chi connectivity index (χ2n) is 3.96. The molecule has 0 aliphatic carbocycles. The summed E-state index contributed by atoms with van der Waals surface area (Å²) < 4.78 is 5.53. The van der Waals surface area contributed by atoms with Crippen molar-refractivity contribution in [2.75, 3.05) is 12.3 Å². The highest BCUT2D eigenvalue weighted by molar-refractivity contribution is 7.99. The Bertz CT molecular complexity index is 646. The molecule has 0 aliphatic rings. The average Bonchev–Trinajstić information content (AvgIpc) is 2.92. The molecule has 5 nitrogen and oxygen atoms in total. The molecule has 1 aromatic heterocycles. The van der Waals surface area contributed by atoms with Crippen LogP contribution in [0.15, 0.2) is 33.9 Å². The third kappa shape index (κ3) is 3.62. The van der Waals surface area contributed by atoms with Crippen molar-refractivity contribution in [3.8, 4) is 23.8 Å².